The minimum Gasteiger partial charge on any atom is -0.455 e. The fraction of sp³-hybridized carbons (Fsp3) is 0.100. The first-order valence-electron chi connectivity index (χ1n) is 8.18. The molecule has 1 heterocycles. The number of alkyl halides is 3. The van der Waals surface area contributed by atoms with Crippen LogP contribution in [-0.4, -0.2) is 17.2 Å². The molecule has 0 saturated heterocycles. The van der Waals surface area contributed by atoms with E-state index in [4.69, 9.17) is 4.42 Å². The summed E-state index contributed by atoms with van der Waals surface area (Å²) in [6, 6.07) is 16.1. The zero-order valence-corrected chi connectivity index (χ0v) is 14.4. The van der Waals surface area contributed by atoms with Crippen molar-refractivity contribution in [2.45, 2.75) is 12.3 Å². The number of nitrogens with one attached hydrogen (secondary N) is 1. The van der Waals surface area contributed by atoms with Gasteiger partial charge >= 0.3 is 6.18 Å². The highest BCUT2D eigenvalue weighted by molar-refractivity contribution is 5.84. The van der Waals surface area contributed by atoms with Gasteiger partial charge in [0, 0.05) is 5.56 Å². The fourth-order valence-electron chi connectivity index (χ4n) is 2.43. The van der Waals surface area contributed by atoms with Crippen molar-refractivity contribution < 1.29 is 27.5 Å². The van der Waals surface area contributed by atoms with Crippen molar-refractivity contribution >= 4 is 12.1 Å². The summed E-state index contributed by atoms with van der Waals surface area (Å²) in [4.78, 5) is 11.9. The topological polar surface area (TPSA) is 74.8 Å². The highest BCUT2D eigenvalue weighted by Gasteiger charge is 2.30. The van der Waals surface area contributed by atoms with E-state index in [0.29, 0.717) is 5.56 Å². The molecule has 1 aromatic heterocycles. The summed E-state index contributed by atoms with van der Waals surface area (Å²) in [7, 11) is 0. The van der Waals surface area contributed by atoms with Crippen molar-refractivity contribution in [3.05, 3.63) is 83.6 Å². The predicted octanol–water partition coefficient (Wildman–Crippen LogP) is 4.15. The van der Waals surface area contributed by atoms with Gasteiger partial charge in [-0.25, -0.2) is 5.43 Å². The van der Waals surface area contributed by atoms with E-state index in [-0.39, 0.29) is 17.1 Å². The highest BCUT2D eigenvalue weighted by atomic mass is 19.4. The van der Waals surface area contributed by atoms with Crippen molar-refractivity contribution in [1.29, 1.82) is 0 Å². The molecule has 5 nitrogen and oxygen atoms in total. The van der Waals surface area contributed by atoms with Gasteiger partial charge in [-0.2, -0.15) is 18.3 Å². The van der Waals surface area contributed by atoms with Crippen LogP contribution in [0.2, 0.25) is 0 Å². The summed E-state index contributed by atoms with van der Waals surface area (Å²) in [6.45, 7) is 0. The highest BCUT2D eigenvalue weighted by Crippen LogP contribution is 2.32. The van der Waals surface area contributed by atoms with Crippen LogP contribution in [-0.2, 0) is 11.0 Å². The van der Waals surface area contributed by atoms with E-state index in [1.54, 1.807) is 30.3 Å². The standard InChI is InChI=1S/C20H15F3N2O3/c21-20(22,23)15-8-4-7-14(11-15)17-10-9-16(28-17)12-24-25-19(27)18(26)13-5-2-1-3-6-13/h1-12,18,26H,(H,25,27)/b24-12-/t18-/m0/s1. The van der Waals surface area contributed by atoms with Gasteiger partial charge in [0.05, 0.1) is 11.8 Å². The van der Waals surface area contributed by atoms with Gasteiger partial charge < -0.3 is 9.52 Å². The summed E-state index contributed by atoms with van der Waals surface area (Å²) in [5.74, 6) is -0.280. The Kier molecular flexibility index (Phi) is 5.60. The number of amides is 1. The number of aliphatic hydroxyl groups is 1. The van der Waals surface area contributed by atoms with Crippen LogP contribution in [0.25, 0.3) is 11.3 Å². The largest absolute Gasteiger partial charge is 0.455 e. The van der Waals surface area contributed by atoms with E-state index >= 15 is 0 Å². The minimum absolute atomic E-state index is 0.224. The minimum atomic E-state index is -4.45. The molecule has 144 valence electrons. The van der Waals surface area contributed by atoms with Crippen LogP contribution < -0.4 is 5.43 Å². The van der Waals surface area contributed by atoms with E-state index < -0.39 is 23.8 Å². The maximum absolute atomic E-state index is 12.8. The first-order valence-corrected chi connectivity index (χ1v) is 8.18. The molecule has 0 aliphatic rings. The third-order valence-electron chi connectivity index (χ3n) is 3.83. The van der Waals surface area contributed by atoms with Crippen LogP contribution in [0.15, 0.2) is 76.2 Å². The summed E-state index contributed by atoms with van der Waals surface area (Å²) in [5.41, 5.74) is 2.08. The first-order chi connectivity index (χ1) is 13.3. The van der Waals surface area contributed by atoms with E-state index in [1.165, 1.54) is 30.5 Å². The molecule has 0 radical (unpaired) electrons. The molecule has 0 saturated carbocycles. The molecule has 2 aromatic carbocycles. The molecule has 1 amide bonds. The molecule has 2 N–H and O–H groups in total. The molecule has 0 spiro atoms. The Morgan fingerprint density at radius 3 is 2.54 bits per heavy atom. The number of hydrogen-bond donors (Lipinski definition) is 2. The van der Waals surface area contributed by atoms with Gasteiger partial charge in [0.15, 0.2) is 6.10 Å². The molecule has 3 rings (SSSR count). The zero-order chi connectivity index (χ0) is 20.1. The van der Waals surface area contributed by atoms with Crippen LogP contribution in [0.4, 0.5) is 13.2 Å². The third-order valence-corrected chi connectivity index (χ3v) is 3.83. The SMILES string of the molecule is O=C(N/N=C\c1ccc(-c2cccc(C(F)(F)F)c2)o1)[C@@H](O)c1ccccc1. The molecule has 0 aliphatic heterocycles. The Balaban J connectivity index is 1.66. The maximum Gasteiger partial charge on any atom is 0.416 e. The van der Waals surface area contributed by atoms with Gasteiger partial charge in [0.2, 0.25) is 0 Å². The maximum atomic E-state index is 12.8. The average Bonchev–Trinajstić information content (AvgIpc) is 3.16. The predicted molar refractivity (Wildman–Crippen MR) is 96.3 cm³/mol. The molecule has 3 aromatic rings. The number of carbonyl (C=O) groups is 1. The molecular weight excluding hydrogens is 373 g/mol. The zero-order valence-electron chi connectivity index (χ0n) is 14.4. The number of hydrogen-bond acceptors (Lipinski definition) is 4. The lowest BCUT2D eigenvalue weighted by atomic mass is 10.1. The van der Waals surface area contributed by atoms with Crippen LogP contribution in [0.1, 0.15) is 23.0 Å². The molecule has 0 unspecified atom stereocenters. The second-order valence-electron chi connectivity index (χ2n) is 5.83. The van der Waals surface area contributed by atoms with Crippen LogP contribution in [0.3, 0.4) is 0 Å². The number of hydrazone groups is 1. The van der Waals surface area contributed by atoms with Crippen LogP contribution >= 0.6 is 0 Å². The molecule has 28 heavy (non-hydrogen) atoms. The van der Waals surface area contributed by atoms with Crippen molar-refractivity contribution in [3.8, 4) is 11.3 Å². The monoisotopic (exact) mass is 388 g/mol. The second kappa shape index (κ2) is 8.10. The van der Waals surface area contributed by atoms with E-state index in [9.17, 15) is 23.1 Å². The Bertz CT molecular complexity index is 982. The summed E-state index contributed by atoms with van der Waals surface area (Å²) >= 11 is 0. The van der Waals surface area contributed by atoms with Crippen molar-refractivity contribution in [3.63, 3.8) is 0 Å². The summed E-state index contributed by atoms with van der Waals surface area (Å²) < 4.78 is 43.9. The van der Waals surface area contributed by atoms with Gasteiger partial charge in [-0.15, -0.1) is 0 Å². The molecule has 8 heteroatoms. The number of nitrogens with zero attached hydrogens (tertiary/aromatic N) is 1. The van der Waals surface area contributed by atoms with Crippen molar-refractivity contribution in [1.82, 2.24) is 5.43 Å². The molecule has 0 fully saturated rings. The average molecular weight is 388 g/mol. The molecule has 0 aliphatic carbocycles. The first kappa shape index (κ1) is 19.4. The second-order valence-corrected chi connectivity index (χ2v) is 5.83. The number of furan rings is 1. The Hall–Kier alpha value is -3.39. The smallest absolute Gasteiger partial charge is 0.416 e. The van der Waals surface area contributed by atoms with E-state index in [2.05, 4.69) is 10.5 Å². The Morgan fingerprint density at radius 1 is 1.07 bits per heavy atom. The fourth-order valence-corrected chi connectivity index (χ4v) is 2.43. The molecule has 0 bridgehead atoms. The van der Waals surface area contributed by atoms with Crippen molar-refractivity contribution in [2.24, 2.45) is 5.10 Å². The van der Waals surface area contributed by atoms with Gasteiger partial charge in [0.1, 0.15) is 11.5 Å². The van der Waals surface area contributed by atoms with Gasteiger partial charge in [-0.3, -0.25) is 4.79 Å². The number of rotatable bonds is 5. The van der Waals surface area contributed by atoms with Crippen LogP contribution in [0, 0.1) is 0 Å². The summed E-state index contributed by atoms with van der Waals surface area (Å²) in [5, 5.41) is 13.6. The summed E-state index contributed by atoms with van der Waals surface area (Å²) in [6.07, 6.45) is -4.64. The quantitative estimate of drug-likeness (QED) is 0.509. The Labute approximate surface area is 158 Å². The number of benzene rings is 2. The van der Waals surface area contributed by atoms with Gasteiger partial charge in [0.25, 0.3) is 5.91 Å². The van der Waals surface area contributed by atoms with Crippen LogP contribution in [0.5, 0.6) is 0 Å². The lowest BCUT2D eigenvalue weighted by molar-refractivity contribution is -0.137. The Morgan fingerprint density at radius 2 is 1.82 bits per heavy atom. The van der Waals surface area contributed by atoms with E-state index in [1.807, 2.05) is 0 Å². The lowest BCUT2D eigenvalue weighted by Gasteiger charge is -2.08. The van der Waals surface area contributed by atoms with Gasteiger partial charge in [-0.1, -0.05) is 42.5 Å². The van der Waals surface area contributed by atoms with Crippen molar-refractivity contribution in [2.75, 3.05) is 0 Å². The number of aliphatic hydroxyl groups excluding tert-OH is 1. The molecular formula is C20H15F3N2O3. The third kappa shape index (κ3) is 4.66. The number of carbonyl (C=O) groups excluding carboxylic acids is 1. The normalized spacial score (nSPS) is 12.9. The number of halogens is 3. The van der Waals surface area contributed by atoms with E-state index in [0.717, 1.165) is 12.1 Å². The lowest BCUT2D eigenvalue weighted by Crippen LogP contribution is -2.25. The van der Waals surface area contributed by atoms with Gasteiger partial charge in [-0.05, 0) is 29.8 Å². The molecule has 1 atom stereocenters.